The first-order valence-electron chi connectivity index (χ1n) is 7.23. The predicted octanol–water partition coefficient (Wildman–Crippen LogP) is 2.44. The molecule has 0 radical (unpaired) electrons. The van der Waals surface area contributed by atoms with E-state index in [0.29, 0.717) is 6.04 Å². The van der Waals surface area contributed by atoms with E-state index in [9.17, 15) is 0 Å². The third-order valence-electron chi connectivity index (χ3n) is 3.72. The number of piperidine rings is 1. The highest BCUT2D eigenvalue weighted by Gasteiger charge is 2.15. The van der Waals surface area contributed by atoms with Crippen LogP contribution in [0.1, 0.15) is 30.4 Å². The number of nitrogens with one attached hydrogen (secondary N) is 1. The molecule has 1 aliphatic heterocycles. The van der Waals surface area contributed by atoms with E-state index < -0.39 is 0 Å². The minimum Gasteiger partial charge on any atom is -0.496 e. The van der Waals surface area contributed by atoms with Crippen molar-refractivity contribution in [1.29, 1.82) is 0 Å². The molecule has 1 heterocycles. The third kappa shape index (κ3) is 4.22. The first-order chi connectivity index (χ1) is 9.19. The van der Waals surface area contributed by atoms with Crippen LogP contribution in [0.3, 0.4) is 0 Å². The minimum atomic E-state index is 0.609. The molecule has 1 saturated heterocycles. The van der Waals surface area contributed by atoms with Crippen LogP contribution in [0.25, 0.3) is 0 Å². The topological polar surface area (TPSA) is 24.5 Å². The lowest BCUT2D eigenvalue weighted by Gasteiger charge is -2.24. The standard InChI is InChI=1S/C16H26N2O/c1-18(2)12-13-7-8-16(19-3)14(10-13)11-15-6-4-5-9-17-15/h7-8,10,15,17H,4-6,9,11-12H2,1-3H3. The molecule has 1 aromatic carbocycles. The number of methoxy groups -OCH3 is 1. The van der Waals surface area contributed by atoms with Gasteiger partial charge in [0.2, 0.25) is 0 Å². The molecule has 1 atom stereocenters. The zero-order chi connectivity index (χ0) is 13.7. The van der Waals surface area contributed by atoms with E-state index in [1.165, 1.54) is 30.4 Å². The fraction of sp³-hybridized carbons (Fsp3) is 0.625. The van der Waals surface area contributed by atoms with Crippen LogP contribution in [-0.2, 0) is 13.0 Å². The second kappa shape index (κ2) is 6.92. The van der Waals surface area contributed by atoms with E-state index in [2.05, 4.69) is 42.5 Å². The van der Waals surface area contributed by atoms with Gasteiger partial charge >= 0.3 is 0 Å². The van der Waals surface area contributed by atoms with Crippen molar-refractivity contribution < 1.29 is 4.74 Å². The maximum Gasteiger partial charge on any atom is 0.122 e. The van der Waals surface area contributed by atoms with E-state index >= 15 is 0 Å². The molecule has 0 saturated carbocycles. The lowest BCUT2D eigenvalue weighted by molar-refractivity contribution is 0.379. The fourth-order valence-corrected chi connectivity index (χ4v) is 2.82. The molecule has 0 bridgehead atoms. The molecule has 1 aromatic rings. The molecule has 0 aliphatic carbocycles. The maximum absolute atomic E-state index is 5.51. The van der Waals surface area contributed by atoms with Gasteiger partial charge in [0.05, 0.1) is 7.11 Å². The largest absolute Gasteiger partial charge is 0.496 e. The summed E-state index contributed by atoms with van der Waals surface area (Å²) in [4.78, 5) is 2.20. The molecule has 3 heteroatoms. The number of hydrogen-bond acceptors (Lipinski definition) is 3. The zero-order valence-electron chi connectivity index (χ0n) is 12.4. The Kier molecular flexibility index (Phi) is 5.23. The Balaban J connectivity index is 2.10. The second-order valence-corrected chi connectivity index (χ2v) is 5.73. The molecule has 0 amide bonds. The maximum atomic E-state index is 5.51. The molecule has 1 N–H and O–H groups in total. The third-order valence-corrected chi connectivity index (χ3v) is 3.72. The summed E-state index contributed by atoms with van der Waals surface area (Å²) in [5.74, 6) is 1.02. The van der Waals surface area contributed by atoms with Crippen molar-refractivity contribution in [2.24, 2.45) is 0 Å². The Labute approximate surface area is 116 Å². The van der Waals surface area contributed by atoms with Gasteiger partial charge in [-0.3, -0.25) is 0 Å². The van der Waals surface area contributed by atoms with Crippen LogP contribution in [0, 0.1) is 0 Å². The SMILES string of the molecule is COc1ccc(CN(C)C)cc1CC1CCCCN1. The average molecular weight is 262 g/mol. The molecule has 1 aliphatic rings. The average Bonchev–Trinajstić information content (AvgIpc) is 2.39. The van der Waals surface area contributed by atoms with Crippen LogP contribution in [-0.4, -0.2) is 38.7 Å². The highest BCUT2D eigenvalue weighted by molar-refractivity contribution is 5.38. The molecular weight excluding hydrogens is 236 g/mol. The Morgan fingerprint density at radius 2 is 2.16 bits per heavy atom. The summed E-state index contributed by atoms with van der Waals surface area (Å²) in [7, 11) is 5.97. The Hall–Kier alpha value is -1.06. The monoisotopic (exact) mass is 262 g/mol. The van der Waals surface area contributed by atoms with Crippen LogP contribution in [0.5, 0.6) is 5.75 Å². The van der Waals surface area contributed by atoms with Gasteiger partial charge in [0.15, 0.2) is 0 Å². The number of benzene rings is 1. The Bertz CT molecular complexity index is 398. The zero-order valence-corrected chi connectivity index (χ0v) is 12.4. The van der Waals surface area contributed by atoms with E-state index in [1.807, 2.05) is 0 Å². The predicted molar refractivity (Wildman–Crippen MR) is 79.7 cm³/mol. The van der Waals surface area contributed by atoms with Crippen molar-refractivity contribution in [1.82, 2.24) is 10.2 Å². The molecule has 1 fully saturated rings. The van der Waals surface area contributed by atoms with Crippen molar-refractivity contribution in [2.45, 2.75) is 38.3 Å². The van der Waals surface area contributed by atoms with Gasteiger partial charge in [0.25, 0.3) is 0 Å². The highest BCUT2D eigenvalue weighted by Crippen LogP contribution is 2.24. The molecule has 3 nitrogen and oxygen atoms in total. The van der Waals surface area contributed by atoms with Gasteiger partial charge in [-0.25, -0.2) is 0 Å². The van der Waals surface area contributed by atoms with Crippen molar-refractivity contribution in [2.75, 3.05) is 27.7 Å². The Morgan fingerprint density at radius 1 is 1.32 bits per heavy atom. The van der Waals surface area contributed by atoms with Gasteiger partial charge in [-0.15, -0.1) is 0 Å². The van der Waals surface area contributed by atoms with E-state index in [0.717, 1.165) is 25.3 Å². The highest BCUT2D eigenvalue weighted by atomic mass is 16.5. The number of hydrogen-bond donors (Lipinski definition) is 1. The van der Waals surface area contributed by atoms with Crippen LogP contribution in [0.2, 0.25) is 0 Å². The summed E-state index contributed by atoms with van der Waals surface area (Å²) in [6, 6.07) is 7.18. The summed E-state index contributed by atoms with van der Waals surface area (Å²) >= 11 is 0. The number of nitrogens with zero attached hydrogens (tertiary/aromatic N) is 1. The Morgan fingerprint density at radius 3 is 2.79 bits per heavy atom. The molecule has 106 valence electrons. The summed E-state index contributed by atoms with van der Waals surface area (Å²) in [5, 5.41) is 3.61. The first-order valence-corrected chi connectivity index (χ1v) is 7.23. The molecule has 2 rings (SSSR count). The number of rotatable bonds is 5. The van der Waals surface area contributed by atoms with Crippen molar-refractivity contribution in [3.63, 3.8) is 0 Å². The smallest absolute Gasteiger partial charge is 0.122 e. The van der Waals surface area contributed by atoms with Gasteiger partial charge in [0.1, 0.15) is 5.75 Å². The quantitative estimate of drug-likeness (QED) is 0.882. The lowest BCUT2D eigenvalue weighted by atomic mass is 9.96. The van der Waals surface area contributed by atoms with Crippen LogP contribution >= 0.6 is 0 Å². The van der Waals surface area contributed by atoms with Gasteiger partial charge < -0.3 is 15.0 Å². The van der Waals surface area contributed by atoms with Crippen LogP contribution in [0.4, 0.5) is 0 Å². The van der Waals surface area contributed by atoms with Gasteiger partial charge in [-0.2, -0.15) is 0 Å². The van der Waals surface area contributed by atoms with Gasteiger partial charge in [-0.05, 0) is 57.1 Å². The van der Waals surface area contributed by atoms with Crippen molar-refractivity contribution >= 4 is 0 Å². The van der Waals surface area contributed by atoms with Crippen LogP contribution < -0.4 is 10.1 Å². The molecule has 19 heavy (non-hydrogen) atoms. The van der Waals surface area contributed by atoms with E-state index in [1.54, 1.807) is 7.11 Å². The summed E-state index contributed by atoms with van der Waals surface area (Å²) < 4.78 is 5.51. The molecule has 0 spiro atoms. The number of ether oxygens (including phenoxy) is 1. The van der Waals surface area contributed by atoms with E-state index in [-0.39, 0.29) is 0 Å². The second-order valence-electron chi connectivity index (χ2n) is 5.73. The fourth-order valence-electron chi connectivity index (χ4n) is 2.82. The summed E-state index contributed by atoms with van der Waals surface area (Å²) in [6.45, 7) is 2.14. The summed E-state index contributed by atoms with van der Waals surface area (Å²) in [6.07, 6.45) is 5.01. The molecule has 1 unspecified atom stereocenters. The van der Waals surface area contributed by atoms with Gasteiger partial charge in [0, 0.05) is 12.6 Å². The normalized spacial score (nSPS) is 19.7. The molecular formula is C16H26N2O. The van der Waals surface area contributed by atoms with Crippen LogP contribution in [0.15, 0.2) is 18.2 Å². The van der Waals surface area contributed by atoms with Crippen molar-refractivity contribution in [3.8, 4) is 5.75 Å². The summed E-state index contributed by atoms with van der Waals surface area (Å²) in [5.41, 5.74) is 2.69. The van der Waals surface area contributed by atoms with E-state index in [4.69, 9.17) is 4.74 Å². The van der Waals surface area contributed by atoms with Crippen molar-refractivity contribution in [3.05, 3.63) is 29.3 Å². The first kappa shape index (κ1) is 14.4. The lowest BCUT2D eigenvalue weighted by Crippen LogP contribution is -2.35. The minimum absolute atomic E-state index is 0.609. The molecule has 0 aromatic heterocycles. The van der Waals surface area contributed by atoms with Gasteiger partial charge in [-0.1, -0.05) is 18.6 Å².